The summed E-state index contributed by atoms with van der Waals surface area (Å²) in [7, 11) is 4.06. The lowest BCUT2D eigenvalue weighted by Gasteiger charge is -2.28. The molecule has 7 N–H and O–H groups in total. The molecule has 14 rings (SSSR count). The molecule has 0 aliphatic carbocycles. The van der Waals surface area contributed by atoms with E-state index in [1.807, 2.05) is 170 Å². The van der Waals surface area contributed by atoms with E-state index in [2.05, 4.69) is 36.4 Å². The molecule has 7 saturated heterocycles. The number of carbonyl (C=O) groups excluding carboxylic acids is 5. The summed E-state index contributed by atoms with van der Waals surface area (Å²) < 4.78 is 109. The number of aromatic nitrogens is 5. The number of nitrogens with two attached hydrogens (primary N) is 2. The second-order valence-corrected chi connectivity index (χ2v) is 45.6. The van der Waals surface area contributed by atoms with Crippen LogP contribution in [0.2, 0.25) is 0 Å². The number of carbonyl (C=O) groups is 5. The molecule has 7 aliphatic rings. The Labute approximate surface area is 875 Å². The van der Waals surface area contributed by atoms with Crippen LogP contribution in [0.3, 0.4) is 0 Å². The first kappa shape index (κ1) is 122. The quantitative estimate of drug-likeness (QED) is 0.0213. The molecule has 2 aromatic carbocycles. The summed E-state index contributed by atoms with van der Waals surface area (Å²) in [6.07, 6.45) is 22.1. The van der Waals surface area contributed by atoms with Crippen LogP contribution >= 0.6 is 0 Å². The number of H-pyrrole nitrogens is 1. The molecule has 7 aliphatic heterocycles. The van der Waals surface area contributed by atoms with Gasteiger partial charge in [0.15, 0.2) is 11.6 Å². The van der Waals surface area contributed by atoms with E-state index < -0.39 is 60.4 Å². The number of rotatable bonds is 24. The van der Waals surface area contributed by atoms with E-state index >= 15 is 0 Å². The van der Waals surface area contributed by atoms with Gasteiger partial charge in [0.25, 0.3) is 20.2 Å². The van der Waals surface area contributed by atoms with E-state index in [9.17, 15) is 45.6 Å². The summed E-state index contributed by atoms with van der Waals surface area (Å²) in [5.74, 6) is 6.59. The predicted molar refractivity (Wildman–Crippen MR) is 570 cm³/mol. The standard InChI is InChI=1S/C17H27N3O3.2C17H25NO5S.C15H23N3O3.C13H18N4O.C12H19N3O.C10H19NO3.C5H6N2O/c1-17(2,3)23-16(21)20-10-6-7-13(20)12-22-14-8-9-18-15(11-14)19(4)5;2*1-13-7-9-15(10-8-13)24(20,21)22-12-14-6-5-11-18(14)16(19)23-17(2,3)4;1-15(2,3)21-14(19)18-8-4-5-11(18)10-20-12-6-7-17-13(16)9-12;1-16(2)13-8-12(5-6-15-13)18-9-11-4-3-7-17(11)10-14;1-15(2)12-8-11(5-7-14-12)16-9-10-4-3-6-13-10;1-10(2,3)14-9(13)11-6-4-5-8(11)7-12;6-5-3-4(8)1-2-7-5/h8-9,11,13H,6-7,10,12H2,1-5H3;2*7-10,14H,5-6,11-12H2,1-4H3;6-7,9,11H,4-5,8,10H2,1-3H3,(H2,16,17);5-6,8,11H,3-4,7,9H2,1-2H3;5,7-8,10,13H,3-4,6,9H2,1-2H3;8,12H,4-7H2,1-3H3;1-3H,(H3,6,7,8). The van der Waals surface area contributed by atoms with Crippen molar-refractivity contribution in [2.45, 2.75) is 288 Å². The molecule has 5 aromatic heterocycles. The maximum Gasteiger partial charge on any atom is 0.410 e. The third-order valence-corrected chi connectivity index (χ3v) is 25.8. The fraction of sp³-hybridized carbons (Fsp3) is 0.594. The van der Waals surface area contributed by atoms with E-state index in [1.54, 1.807) is 132 Å². The zero-order valence-corrected chi connectivity index (χ0v) is 92.5. The van der Waals surface area contributed by atoms with Gasteiger partial charge in [0.2, 0.25) is 0 Å². The number of nitrogens with zero attached hydrogens (tertiary/aromatic N) is 14. The molecule has 7 unspecified atom stereocenters. The number of aliphatic hydroxyl groups excluding tert-OH is 1. The Morgan fingerprint density at radius 3 is 1.01 bits per heavy atom. The van der Waals surface area contributed by atoms with Crippen molar-refractivity contribution in [1.29, 1.82) is 5.26 Å². The predicted octanol–water partition coefficient (Wildman–Crippen LogP) is 15.7. The number of ether oxygens (including phenoxy) is 9. The molecule has 12 heterocycles. The molecule has 7 aromatic rings. The number of benzene rings is 2. The summed E-state index contributed by atoms with van der Waals surface area (Å²) >= 11 is 0. The van der Waals surface area contributed by atoms with Crippen molar-refractivity contribution in [2.75, 3.05) is 161 Å². The molecule has 0 saturated carbocycles. The number of nitrogen functional groups attached to an aromatic ring is 2. The van der Waals surface area contributed by atoms with Gasteiger partial charge >= 0.3 is 30.5 Å². The van der Waals surface area contributed by atoms with Gasteiger partial charge in [-0.2, -0.15) is 22.1 Å². The van der Waals surface area contributed by atoms with Gasteiger partial charge in [-0.15, -0.1) is 0 Å². The summed E-state index contributed by atoms with van der Waals surface area (Å²) in [5, 5.41) is 21.4. The van der Waals surface area contributed by atoms with Gasteiger partial charge < -0.3 is 114 Å². The molecule has 148 heavy (non-hydrogen) atoms. The van der Waals surface area contributed by atoms with Gasteiger partial charge in [0, 0.05) is 155 Å². The van der Waals surface area contributed by atoms with Crippen LogP contribution in [0, 0.1) is 25.3 Å². The Morgan fingerprint density at radius 2 is 0.709 bits per heavy atom. The Bertz CT molecular complexity index is 5480. The zero-order valence-electron chi connectivity index (χ0n) is 90.9. The Kier molecular flexibility index (Phi) is 48.0. The number of nitrogens with one attached hydrogen (secondary N) is 2. The van der Waals surface area contributed by atoms with Crippen molar-refractivity contribution < 1.29 is 96.9 Å². The number of anilines is 5. The fourth-order valence-corrected chi connectivity index (χ4v) is 17.6. The van der Waals surface area contributed by atoms with Gasteiger partial charge in [0.05, 0.1) is 65.9 Å². The van der Waals surface area contributed by atoms with Crippen LogP contribution in [0.5, 0.6) is 23.0 Å². The molecule has 7 atom stereocenters. The lowest BCUT2D eigenvalue weighted by Crippen LogP contribution is -2.42. The molecule has 0 radical (unpaired) electrons. The third kappa shape index (κ3) is 44.5. The second-order valence-electron chi connectivity index (χ2n) is 42.4. The lowest BCUT2D eigenvalue weighted by atomic mass is 10.2. The minimum atomic E-state index is -3.83. The number of aryl methyl sites for hydroxylation is 2. The molecule has 0 bridgehead atoms. The molecule has 7 fully saturated rings. The first-order valence-electron chi connectivity index (χ1n) is 50.4. The number of nitriles is 1. The van der Waals surface area contributed by atoms with Gasteiger partial charge in [-0.3, -0.25) is 13.2 Å². The van der Waals surface area contributed by atoms with Crippen molar-refractivity contribution in [3.05, 3.63) is 162 Å². The lowest BCUT2D eigenvalue weighted by molar-refractivity contribution is 0.0169. The maximum atomic E-state index is 12.3. The van der Waals surface area contributed by atoms with Gasteiger partial charge in [-0.1, -0.05) is 35.4 Å². The monoisotopic (exact) mass is 2100 g/mol. The number of aliphatic hydroxyl groups is 1. The fourth-order valence-electron chi connectivity index (χ4n) is 15.7. The largest absolute Gasteiger partial charge is 0.492 e. The average Bonchev–Trinajstić information content (AvgIpc) is 1.04. The van der Waals surface area contributed by atoms with Crippen LogP contribution in [0.25, 0.3) is 0 Å². The van der Waals surface area contributed by atoms with E-state index in [0.29, 0.717) is 82.3 Å². The van der Waals surface area contributed by atoms with Crippen molar-refractivity contribution in [1.82, 2.24) is 59.6 Å². The van der Waals surface area contributed by atoms with Gasteiger partial charge in [-0.25, -0.2) is 43.9 Å². The molecule has 42 heteroatoms. The highest BCUT2D eigenvalue weighted by Gasteiger charge is 2.39. The molecule has 0 spiro atoms. The van der Waals surface area contributed by atoms with Crippen LogP contribution in [-0.4, -0.2) is 311 Å². The molecule has 5 amide bonds. The molecule has 40 nitrogen and oxygen atoms in total. The van der Waals surface area contributed by atoms with Crippen LogP contribution in [0.1, 0.15) is 205 Å². The maximum absolute atomic E-state index is 12.3. The topological polar surface area (TPSA) is 477 Å². The summed E-state index contributed by atoms with van der Waals surface area (Å²) in [5.41, 5.74) is 10.1. The average molecular weight is 2100 g/mol. The third-order valence-electron chi connectivity index (χ3n) is 23.2. The summed E-state index contributed by atoms with van der Waals surface area (Å²) in [6.45, 7) is 38.7. The van der Waals surface area contributed by atoms with Gasteiger partial charge in [0.1, 0.15) is 107 Å². The van der Waals surface area contributed by atoms with E-state index in [4.69, 9.17) is 72.8 Å². The highest BCUT2D eigenvalue weighted by Crippen LogP contribution is 2.31. The van der Waals surface area contributed by atoms with Crippen LogP contribution in [0.4, 0.5) is 53.1 Å². The van der Waals surface area contributed by atoms with Gasteiger partial charge in [-0.05, 0) is 263 Å². The number of amides is 5. The van der Waals surface area contributed by atoms with Crippen molar-refractivity contribution in [3.8, 4) is 29.2 Å². The number of hydrogen-bond acceptors (Lipinski definition) is 34. The first-order chi connectivity index (χ1) is 69.5. The number of hydrogen-bond donors (Lipinski definition) is 5. The summed E-state index contributed by atoms with van der Waals surface area (Å²) in [6, 6.07) is 30.7. The molecular formula is C106H162N18O22S2. The first-order valence-corrected chi connectivity index (χ1v) is 53.3. The van der Waals surface area contributed by atoms with Crippen LogP contribution in [0.15, 0.2) is 155 Å². The number of likely N-dealkylation sites (tertiary alicyclic amines) is 6. The minimum Gasteiger partial charge on any atom is -0.492 e. The molecular weight excluding hydrogens is 1940 g/mol. The highest BCUT2D eigenvalue weighted by molar-refractivity contribution is 7.87. The van der Waals surface area contributed by atoms with E-state index in [-0.39, 0.29) is 89.6 Å². The SMILES string of the molecule is CC(C)(C)OC(=O)N1CCCC1CO.CC(C)(C)OC(=O)N1CCCC1COc1ccnc(N)c1.CN(C)c1cc(OCC2CCCN2)ccn1.CN(C)c1cc(OCC2CCCN2C#N)ccn1.CN(C)c1cc(OCC2CCCN2C(=O)OC(C)(C)C)ccn1.Cc1ccc(S(=O)(=O)OCC2CCCN2C(=O)OC(C)(C)C)cc1.Cc1ccc(S(=O)(=O)OCC2CCCN2C(=O)OC(C)(C)C)cc1.Nc1cc(=O)cc[nH]1. The Hall–Kier alpha value is -12.4. The number of aromatic amines is 1. The van der Waals surface area contributed by atoms with Crippen molar-refractivity contribution >= 4 is 79.8 Å². The smallest absolute Gasteiger partial charge is 0.410 e. The Balaban J connectivity index is 0.000000232. The molecule has 820 valence electrons. The van der Waals surface area contributed by atoms with E-state index in [1.165, 1.54) is 55.4 Å². The Morgan fingerprint density at radius 1 is 0.405 bits per heavy atom. The normalized spacial score (nSPS) is 18.5. The van der Waals surface area contributed by atoms with Crippen LogP contribution < -0.4 is 55.9 Å². The van der Waals surface area contributed by atoms with Crippen LogP contribution in [-0.2, 0) is 52.3 Å². The second kappa shape index (κ2) is 57.9. The summed E-state index contributed by atoms with van der Waals surface area (Å²) in [4.78, 5) is 106. The van der Waals surface area contributed by atoms with E-state index in [0.717, 1.165) is 136 Å². The minimum absolute atomic E-state index is 0.0270. The number of pyridine rings is 5. The van der Waals surface area contributed by atoms with Crippen molar-refractivity contribution in [2.24, 2.45) is 0 Å². The highest BCUT2D eigenvalue weighted by atomic mass is 32.2. The zero-order chi connectivity index (χ0) is 109. The van der Waals surface area contributed by atoms with Crippen molar-refractivity contribution in [3.63, 3.8) is 0 Å².